The second-order valence-corrected chi connectivity index (χ2v) is 10.8. The zero-order chi connectivity index (χ0) is 30.4. The Bertz CT molecular complexity index is 1880. The van der Waals surface area contributed by atoms with Crippen LogP contribution in [0, 0.1) is 0 Å². The average molecular weight is 608 g/mol. The number of methoxy groups -OCH3 is 1. The summed E-state index contributed by atoms with van der Waals surface area (Å²) in [4.78, 5) is 17.6. The Kier molecular flexibility index (Phi) is 7.27. The van der Waals surface area contributed by atoms with E-state index in [1.807, 2.05) is 6.07 Å². The van der Waals surface area contributed by atoms with Crippen molar-refractivity contribution in [1.29, 1.82) is 0 Å². The molecule has 43 heavy (non-hydrogen) atoms. The van der Waals surface area contributed by atoms with Crippen LogP contribution in [0.4, 0.5) is 18.9 Å². The van der Waals surface area contributed by atoms with E-state index in [-0.39, 0.29) is 16.8 Å². The van der Waals surface area contributed by atoms with E-state index in [9.17, 15) is 18.0 Å². The van der Waals surface area contributed by atoms with Gasteiger partial charge in [0, 0.05) is 28.9 Å². The number of hydrogen-bond acceptors (Lipinski definition) is 6. The number of ether oxygens (including phenoxy) is 3. The monoisotopic (exact) mass is 607 g/mol. The Hall–Kier alpha value is -4.54. The van der Waals surface area contributed by atoms with Crippen LogP contribution in [0.1, 0.15) is 28.8 Å². The van der Waals surface area contributed by atoms with E-state index in [1.54, 1.807) is 61.8 Å². The van der Waals surface area contributed by atoms with E-state index in [0.717, 1.165) is 25.0 Å². The van der Waals surface area contributed by atoms with Crippen LogP contribution in [0.25, 0.3) is 21.7 Å². The number of halogens is 4. The van der Waals surface area contributed by atoms with Crippen molar-refractivity contribution in [3.63, 3.8) is 0 Å². The molecule has 3 N–H and O–H groups in total. The number of pyridine rings is 1. The number of aromatic nitrogens is 1. The summed E-state index contributed by atoms with van der Waals surface area (Å²) in [6.07, 6.45) is -1.19. The van der Waals surface area contributed by atoms with Gasteiger partial charge in [0.05, 0.1) is 28.8 Å². The first-order chi connectivity index (χ1) is 20.5. The minimum absolute atomic E-state index is 0.0256. The average Bonchev–Trinajstić information content (AvgIpc) is 3.72. The molecule has 5 aromatic rings. The van der Waals surface area contributed by atoms with Crippen molar-refractivity contribution in [1.82, 2.24) is 4.98 Å². The maximum Gasteiger partial charge on any atom is 0.417 e. The van der Waals surface area contributed by atoms with Crippen LogP contribution < -0.4 is 25.3 Å². The molecule has 1 aliphatic carbocycles. The number of amides is 1. The smallest absolute Gasteiger partial charge is 0.417 e. The second-order valence-electron chi connectivity index (χ2n) is 10.4. The predicted molar refractivity (Wildman–Crippen MR) is 158 cm³/mol. The number of rotatable bonds is 8. The third-order valence-corrected chi connectivity index (χ3v) is 7.58. The van der Waals surface area contributed by atoms with Crippen molar-refractivity contribution in [3.8, 4) is 23.0 Å². The topological polar surface area (TPSA) is 95.7 Å². The molecule has 0 saturated heterocycles. The van der Waals surface area contributed by atoms with E-state index < -0.39 is 22.7 Å². The largest absolute Gasteiger partial charge is 0.493 e. The molecule has 1 fully saturated rings. The molecule has 0 bridgehead atoms. The molecule has 0 atom stereocenters. The minimum atomic E-state index is -4.65. The molecule has 0 spiro atoms. The van der Waals surface area contributed by atoms with Crippen molar-refractivity contribution in [2.75, 3.05) is 19.0 Å². The van der Waals surface area contributed by atoms with Crippen LogP contribution in [0.15, 0.2) is 79.0 Å². The predicted octanol–water partition coefficient (Wildman–Crippen LogP) is 7.98. The van der Waals surface area contributed by atoms with E-state index in [1.165, 1.54) is 6.07 Å². The van der Waals surface area contributed by atoms with Crippen molar-refractivity contribution in [3.05, 3.63) is 95.1 Å². The molecular weight excluding hydrogens is 583 g/mol. The van der Waals surface area contributed by atoms with Crippen molar-refractivity contribution in [2.24, 2.45) is 5.73 Å². The highest BCUT2D eigenvalue weighted by Gasteiger charge is 2.39. The number of fused-ring (bicyclic) bond motifs is 2. The van der Waals surface area contributed by atoms with Gasteiger partial charge in [0.2, 0.25) is 0 Å². The molecule has 6 rings (SSSR count). The van der Waals surface area contributed by atoms with Gasteiger partial charge in [0.25, 0.3) is 5.91 Å². The number of carbonyl (C=O) groups is 1. The molecule has 220 valence electrons. The lowest BCUT2D eigenvalue weighted by molar-refractivity contribution is -0.137. The zero-order valence-electron chi connectivity index (χ0n) is 22.8. The molecule has 1 aliphatic rings. The molecule has 4 aromatic carbocycles. The highest BCUT2D eigenvalue weighted by atomic mass is 35.5. The van der Waals surface area contributed by atoms with Crippen LogP contribution >= 0.6 is 11.6 Å². The zero-order valence-corrected chi connectivity index (χ0v) is 23.6. The first-order valence-electron chi connectivity index (χ1n) is 13.3. The highest BCUT2D eigenvalue weighted by molar-refractivity contribution is 6.31. The Morgan fingerprint density at radius 1 is 1.00 bits per heavy atom. The van der Waals surface area contributed by atoms with E-state index in [2.05, 4.69) is 10.3 Å². The fourth-order valence-electron chi connectivity index (χ4n) is 4.69. The van der Waals surface area contributed by atoms with Gasteiger partial charge >= 0.3 is 6.18 Å². The van der Waals surface area contributed by atoms with Crippen molar-refractivity contribution in [2.45, 2.75) is 24.6 Å². The molecule has 0 radical (unpaired) electrons. The lowest BCUT2D eigenvalue weighted by Crippen LogP contribution is -2.29. The highest BCUT2D eigenvalue weighted by Crippen LogP contribution is 2.40. The number of nitrogens with zero attached hydrogens (tertiary/aromatic N) is 1. The molecule has 1 aromatic heterocycles. The van der Waals surface area contributed by atoms with Crippen LogP contribution in [-0.2, 0) is 6.18 Å². The van der Waals surface area contributed by atoms with Gasteiger partial charge in [-0.1, -0.05) is 23.7 Å². The van der Waals surface area contributed by atoms with Gasteiger partial charge in [-0.3, -0.25) is 9.78 Å². The summed E-state index contributed by atoms with van der Waals surface area (Å²) in [6, 6.07) is 18.8. The number of hydrogen-bond donors (Lipinski definition) is 2. The van der Waals surface area contributed by atoms with E-state index >= 15 is 0 Å². The number of carbonyl (C=O) groups excluding carboxylic acids is 1. The molecule has 0 unspecified atom stereocenters. The summed E-state index contributed by atoms with van der Waals surface area (Å²) in [6.45, 7) is 0.385. The first kappa shape index (κ1) is 28.6. The molecule has 1 heterocycles. The number of benzene rings is 4. The SMILES string of the molecule is COc1cc2c(Oc3ccc4c(C(=O)Nc5ccc(Cl)c(C(F)(F)F)c5)cccc4c3)ccnc2cc1OCC1(N)CC1. The normalized spacial score (nSPS) is 14.0. The number of alkyl halides is 3. The Morgan fingerprint density at radius 3 is 2.56 bits per heavy atom. The molecule has 7 nitrogen and oxygen atoms in total. The molecule has 0 aliphatic heterocycles. The summed E-state index contributed by atoms with van der Waals surface area (Å²) < 4.78 is 57.6. The Labute approximate surface area is 249 Å². The van der Waals surface area contributed by atoms with Gasteiger partial charge in [-0.05, 0) is 78.2 Å². The quantitative estimate of drug-likeness (QED) is 0.186. The van der Waals surface area contributed by atoms with Gasteiger partial charge in [-0.15, -0.1) is 0 Å². The van der Waals surface area contributed by atoms with Crippen molar-refractivity contribution < 1.29 is 32.2 Å². The first-order valence-corrected chi connectivity index (χ1v) is 13.7. The molecular formula is C32H25ClF3N3O4. The number of nitrogens with two attached hydrogens (primary N) is 1. The van der Waals surface area contributed by atoms with Gasteiger partial charge in [-0.2, -0.15) is 13.2 Å². The second kappa shape index (κ2) is 10.9. The summed E-state index contributed by atoms with van der Waals surface area (Å²) in [5.74, 6) is 1.53. The third-order valence-electron chi connectivity index (χ3n) is 7.25. The molecule has 11 heteroatoms. The Balaban J connectivity index is 1.26. The number of nitrogens with one attached hydrogen (secondary N) is 1. The Morgan fingerprint density at radius 2 is 1.81 bits per heavy atom. The van der Waals surface area contributed by atoms with Crippen LogP contribution in [0.5, 0.6) is 23.0 Å². The maximum absolute atomic E-state index is 13.3. The van der Waals surface area contributed by atoms with Gasteiger partial charge < -0.3 is 25.3 Å². The lowest BCUT2D eigenvalue weighted by Gasteiger charge is -2.16. The maximum atomic E-state index is 13.3. The van der Waals surface area contributed by atoms with Crippen LogP contribution in [0.2, 0.25) is 5.02 Å². The fraction of sp³-hybridized carbons (Fsp3) is 0.188. The molecule has 1 saturated carbocycles. The van der Waals surface area contributed by atoms with Gasteiger partial charge in [0.1, 0.15) is 18.1 Å². The molecule has 1 amide bonds. The van der Waals surface area contributed by atoms with Gasteiger partial charge in [0.15, 0.2) is 11.5 Å². The summed E-state index contributed by atoms with van der Waals surface area (Å²) in [5, 5.41) is 4.08. The van der Waals surface area contributed by atoms with Crippen molar-refractivity contribution >= 4 is 44.9 Å². The van der Waals surface area contributed by atoms with Crippen LogP contribution in [0.3, 0.4) is 0 Å². The standard InChI is InChI=1S/C32H25ClF3N3O4/c1-41-28-15-23-26(16-29(28)42-17-31(37)10-11-31)38-12-9-27(23)43-20-6-7-21-18(13-20)3-2-4-22(21)30(40)39-19-5-8-25(33)24(14-19)32(34,35)36/h2-9,12-16H,10-11,17,37H2,1H3,(H,39,40). The third kappa shape index (κ3) is 6.02. The van der Waals surface area contributed by atoms with E-state index in [0.29, 0.717) is 51.3 Å². The number of anilines is 1. The minimum Gasteiger partial charge on any atom is -0.493 e. The summed E-state index contributed by atoms with van der Waals surface area (Å²) in [7, 11) is 1.56. The fourth-order valence-corrected chi connectivity index (χ4v) is 4.91. The van der Waals surface area contributed by atoms with Gasteiger partial charge in [-0.25, -0.2) is 0 Å². The summed E-state index contributed by atoms with van der Waals surface area (Å²) >= 11 is 5.71. The lowest BCUT2D eigenvalue weighted by atomic mass is 10.0. The van der Waals surface area contributed by atoms with Crippen LogP contribution in [-0.4, -0.2) is 30.1 Å². The summed E-state index contributed by atoms with van der Waals surface area (Å²) in [5.41, 5.74) is 5.75. The van der Waals surface area contributed by atoms with E-state index in [4.69, 9.17) is 31.5 Å².